The third-order valence-corrected chi connectivity index (χ3v) is 24.8. The fourth-order valence-corrected chi connectivity index (χ4v) is 17.0. The number of benzene rings is 3. The van der Waals surface area contributed by atoms with E-state index in [1.54, 1.807) is 107 Å². The molecule has 4 aliphatic rings. The summed E-state index contributed by atoms with van der Waals surface area (Å²) in [5.41, 5.74) is 17.8. The molecular weight excluding hydrogens is 1870 g/mol. The van der Waals surface area contributed by atoms with E-state index in [-0.39, 0.29) is 120 Å². The van der Waals surface area contributed by atoms with Gasteiger partial charge in [0.05, 0.1) is 70.9 Å². The van der Waals surface area contributed by atoms with Crippen LogP contribution < -0.4 is 26.8 Å². The molecule has 0 bridgehead atoms. The minimum absolute atomic E-state index is 0. The monoisotopic (exact) mass is 1970 g/mol. The Morgan fingerprint density at radius 1 is 0.571 bits per heavy atom. The Balaban J connectivity index is 0.000000251. The first-order valence-corrected chi connectivity index (χ1v) is 42.0. The molecular formula is C81H102BrCl6F4N16O17P. The van der Waals surface area contributed by atoms with E-state index in [2.05, 4.69) is 71.6 Å². The zero-order chi connectivity index (χ0) is 89.3. The summed E-state index contributed by atoms with van der Waals surface area (Å²) in [5, 5.41) is 40.4. The summed E-state index contributed by atoms with van der Waals surface area (Å²) in [6.07, 6.45) is 1.20. The molecule has 126 heavy (non-hydrogen) atoms. The standard InChI is InChI=1S/C24H30ClFN5O7P.C20H18Cl2FN3O3.C14H16BrClO3.C12H14ClFN4O3.C6H3ClFN3.CH5NO.4CH4/c1-13(2)36-22(33)14(3)30-39(34,38-15-8-6-5-7-9-15)35-11-17-19(32)24(4,25)23(37-17)31-10-16(26)18-20(27)28-12-29-21(18)31;1-3-13-15(29-18(27)11-7-5-4-6-8-11)20(2,22)19(28-13)26-9-12(23)14-16(21)24-10-25-17(14)26;1-3-10-11(14(2,16)13(15)18-10)19-12(17)9-7-5-4-6-8-9;1-12(13)8(20)6(3-19)21-11(12)18-2-5(14)7-9(15)16-4-17-10(7)18;7-5-4-3(8)1-9-6(4)11-2-10-5;2-1-3;;;;/h5-10,12-14,17,19,23,32H,11H2,1-4H3,(H,30,34)(H2,27,28,29);4-10,13,15,19H,3H2,1-2H3;4-8,10-11,13H,3H2,1-2H3;2,4,6,8,11,19-20H,3H2,1H3,(H2,15,16,17);1-2H,(H,9,10,11);3H,1-2H2;4*1H4/t14-,17+,19+,23+,24+,39?;13-,15-,19-,20-;10-,11-,13?,14-;6-,8-,11-,12-;;;;;;/m0111....../s1. The Hall–Kier alpha value is -8.32. The topological polar surface area (TPSA) is 456 Å². The lowest BCUT2D eigenvalue weighted by Gasteiger charge is -2.29. The van der Waals surface area contributed by atoms with E-state index in [9.17, 15) is 51.8 Å². The van der Waals surface area contributed by atoms with Gasteiger partial charge in [0.1, 0.15) is 119 Å². The van der Waals surface area contributed by atoms with Crippen LogP contribution in [-0.4, -0.2) is 202 Å². The number of aromatic nitrogens is 12. The number of esters is 3. The number of alkyl halides is 5. The van der Waals surface area contributed by atoms with E-state index >= 15 is 0 Å². The van der Waals surface area contributed by atoms with Gasteiger partial charge in [0.25, 0.3) is 0 Å². The van der Waals surface area contributed by atoms with Crippen molar-refractivity contribution in [3.05, 3.63) is 186 Å². The highest BCUT2D eigenvalue weighted by Gasteiger charge is 2.58. The van der Waals surface area contributed by atoms with Crippen LogP contribution in [0.3, 0.4) is 0 Å². The second kappa shape index (κ2) is 45.3. The number of hydrogen-bond donors (Lipinski definition) is 9. The van der Waals surface area contributed by atoms with Crippen molar-refractivity contribution in [2.24, 2.45) is 5.73 Å². The second-order valence-corrected chi connectivity index (χ2v) is 35.1. The van der Waals surface area contributed by atoms with Gasteiger partial charge in [-0.05, 0) is 97.7 Å². The van der Waals surface area contributed by atoms with Crippen molar-refractivity contribution in [1.82, 2.24) is 63.6 Å². The summed E-state index contributed by atoms with van der Waals surface area (Å²) >= 11 is 41.3. The number of H-pyrrole nitrogens is 1. The minimum atomic E-state index is -4.24. The van der Waals surface area contributed by atoms with Crippen molar-refractivity contribution in [3.8, 4) is 5.75 Å². The fourth-order valence-electron chi connectivity index (χ4n) is 13.4. The Kier molecular flexibility index (Phi) is 38.3. The molecule has 0 amide bonds. The maximum absolute atomic E-state index is 14.7. The van der Waals surface area contributed by atoms with Crippen LogP contribution in [0.4, 0.5) is 29.2 Å². The smallest absolute Gasteiger partial charge is 0.459 e. The summed E-state index contributed by atoms with van der Waals surface area (Å²) in [4.78, 5) is 66.0. The number of para-hydroxylation sites is 1. The number of aromatic amines is 1. The van der Waals surface area contributed by atoms with E-state index in [1.807, 2.05) is 32.9 Å². The van der Waals surface area contributed by atoms with Crippen LogP contribution in [0.15, 0.2) is 141 Å². The van der Waals surface area contributed by atoms with Gasteiger partial charge in [0.2, 0.25) is 0 Å². The molecule has 0 radical (unpaired) electrons. The highest BCUT2D eigenvalue weighted by atomic mass is 79.9. The van der Waals surface area contributed by atoms with E-state index in [4.69, 9.17) is 128 Å². The lowest BCUT2D eigenvalue weighted by molar-refractivity contribution is -0.149. The number of rotatable bonds is 19. The minimum Gasteiger partial charge on any atom is -0.462 e. The molecule has 15 rings (SSSR count). The number of aliphatic hydroxyl groups excluding tert-OH is 4. The van der Waals surface area contributed by atoms with Gasteiger partial charge in [-0.25, -0.2) is 71.6 Å². The molecule has 0 aliphatic carbocycles. The van der Waals surface area contributed by atoms with Gasteiger partial charge in [-0.2, -0.15) is 5.09 Å². The molecule has 2 unspecified atom stereocenters. The summed E-state index contributed by atoms with van der Waals surface area (Å²) in [5.74, 6) is -3.71. The van der Waals surface area contributed by atoms with Crippen LogP contribution in [0.5, 0.6) is 5.75 Å². The molecule has 8 aromatic heterocycles. The molecule has 0 saturated carbocycles. The number of carbonyl (C=O) groups excluding carboxylic acids is 3. The first-order chi connectivity index (χ1) is 57.7. The molecule has 3 aromatic carbocycles. The molecule has 12 heterocycles. The fraction of sp³-hybridized carbons (Fsp3) is 0.444. The van der Waals surface area contributed by atoms with E-state index in [0.29, 0.717) is 23.2 Å². The zero-order valence-electron chi connectivity index (χ0n) is 66.2. The lowest BCUT2D eigenvalue weighted by Crippen LogP contribution is -2.42. The number of ether oxygens (including phenoxy) is 7. The van der Waals surface area contributed by atoms with Gasteiger partial charge < -0.3 is 94.0 Å². The number of hydrogen-bond acceptors (Lipinski definition) is 28. The molecule has 12 N–H and O–H groups in total. The largest absolute Gasteiger partial charge is 0.462 e. The number of halogens is 11. The summed E-state index contributed by atoms with van der Waals surface area (Å²) < 4.78 is 125. The maximum atomic E-state index is 14.7. The molecule has 11 aromatic rings. The molecule has 0 spiro atoms. The van der Waals surface area contributed by atoms with Crippen LogP contribution in [-0.2, 0) is 47.0 Å². The van der Waals surface area contributed by atoms with Crippen LogP contribution in [0.25, 0.3) is 44.1 Å². The van der Waals surface area contributed by atoms with Crippen LogP contribution in [0.2, 0.25) is 10.3 Å². The summed E-state index contributed by atoms with van der Waals surface area (Å²) in [7, 11) is -4.24. The molecule has 4 aliphatic heterocycles. The number of nitrogens with zero attached hydrogens (tertiary/aromatic N) is 11. The Morgan fingerprint density at radius 2 is 0.960 bits per heavy atom. The molecule has 18 atom stereocenters. The third kappa shape index (κ3) is 23.5. The van der Waals surface area contributed by atoms with Crippen molar-refractivity contribution >= 4 is 167 Å². The number of fused-ring (bicyclic) bond motifs is 4. The van der Waals surface area contributed by atoms with Gasteiger partial charge in [-0.3, -0.25) is 9.32 Å². The predicted octanol–water partition coefficient (Wildman–Crippen LogP) is 15.6. The van der Waals surface area contributed by atoms with Gasteiger partial charge in [-0.1, -0.05) is 137 Å². The Bertz CT molecular complexity index is 5480. The number of carbonyl (C=O) groups is 3. The summed E-state index contributed by atoms with van der Waals surface area (Å²) in [6, 6.07) is 24.6. The van der Waals surface area contributed by atoms with Crippen LogP contribution in [0, 0.1) is 23.3 Å². The average Bonchev–Trinajstić information content (AvgIpc) is 1.66. The number of anilines is 2. The normalized spacial score (nSPS) is 25.8. The van der Waals surface area contributed by atoms with Crippen molar-refractivity contribution in [1.29, 1.82) is 0 Å². The van der Waals surface area contributed by atoms with Crippen molar-refractivity contribution in [2.75, 3.05) is 31.4 Å². The number of nitrogens with two attached hydrogens (primary N) is 3. The maximum Gasteiger partial charge on any atom is 0.459 e. The van der Waals surface area contributed by atoms with Crippen LogP contribution >= 0.6 is 93.3 Å². The highest BCUT2D eigenvalue weighted by Crippen LogP contribution is 2.52. The zero-order valence-corrected chi connectivity index (χ0v) is 73.3. The van der Waals surface area contributed by atoms with Gasteiger partial charge in [-0.15, -0.1) is 46.4 Å². The molecule has 45 heteroatoms. The lowest BCUT2D eigenvalue weighted by atomic mass is 9.99. The number of aliphatic hydroxyl groups is 4. The van der Waals surface area contributed by atoms with Gasteiger partial charge in [0, 0.05) is 24.8 Å². The predicted molar refractivity (Wildman–Crippen MR) is 475 cm³/mol. The first kappa shape index (κ1) is 106. The SMILES string of the molecule is C.C.C.C.CC(C)OC(=O)[C@H](C)NP(=O)(OC[C@H]1O[C@@H](n2cc(F)c3c(N)ncnc32)[C@](C)(Cl)[C@@H]1O)Oc1ccccc1.CC[C@H]1OC(Br)[C@](C)(Cl)[C@@H]1OC(=O)c1ccccc1.CC[C@H]1O[C@@H](n2cc(F)c3c(Cl)ncnc32)[C@](C)(Cl)[C@@H]1OC(=O)c1ccccc1.C[C@@]1(Cl)[C@H](O)[C@@H](CO)O[C@H]1n1cc(F)c2c(N)ncnc21.Fc1c[nH]c2ncnc(Cl)c12.NCO. The number of nitrogen functional groups attached to an aromatic ring is 2. The second-order valence-electron chi connectivity index (χ2n) is 28.6. The quantitative estimate of drug-likeness (QED) is 0.00690. The van der Waals surface area contributed by atoms with E-state index in [1.165, 1.54) is 65.3 Å². The van der Waals surface area contributed by atoms with Crippen LogP contribution in [0.1, 0.15) is 144 Å². The highest BCUT2D eigenvalue weighted by molar-refractivity contribution is 9.09. The third-order valence-electron chi connectivity index (χ3n) is 19.5. The molecule has 33 nitrogen and oxygen atoms in total. The van der Waals surface area contributed by atoms with Crippen molar-refractivity contribution in [3.63, 3.8) is 0 Å². The van der Waals surface area contributed by atoms with E-state index in [0.717, 1.165) is 18.8 Å². The Morgan fingerprint density at radius 3 is 1.40 bits per heavy atom. The van der Waals surface area contributed by atoms with E-state index < -0.39 is 149 Å². The molecule has 4 saturated heterocycles. The number of nitrogens with one attached hydrogen (secondary N) is 2. The molecule has 4 fully saturated rings. The van der Waals surface area contributed by atoms with Gasteiger partial charge >= 0.3 is 25.7 Å². The summed E-state index contributed by atoms with van der Waals surface area (Å²) in [6.45, 7) is 14.1. The van der Waals surface area contributed by atoms with Gasteiger partial charge in [0.15, 0.2) is 65.5 Å². The Labute approximate surface area is 762 Å². The molecule has 690 valence electrons. The van der Waals surface area contributed by atoms with Crippen molar-refractivity contribution < 1.29 is 99.1 Å². The van der Waals surface area contributed by atoms with Crippen molar-refractivity contribution in [2.45, 2.75) is 209 Å². The average molecular weight is 1970 g/mol. The first-order valence-electron chi connectivity index (χ1n) is 37.3.